The molecule has 3 nitrogen and oxygen atoms in total. The van der Waals surface area contributed by atoms with Gasteiger partial charge in [0.2, 0.25) is 0 Å². The van der Waals surface area contributed by atoms with Gasteiger partial charge in [-0.05, 0) is 56.0 Å². The lowest BCUT2D eigenvalue weighted by Gasteiger charge is -2.31. The standard InChI is InChI=1S/C20H25NO2/c22-19-7-4-8-20(16-19)23-14-13-21-11-9-18(10-12-21)15-17-5-2-1-3-6-17/h1-8,16,18,22H,9-15H2. The Bertz CT molecular complexity index is 592. The van der Waals surface area contributed by atoms with E-state index in [-0.39, 0.29) is 5.75 Å². The monoisotopic (exact) mass is 311 g/mol. The van der Waals surface area contributed by atoms with Crippen molar-refractivity contribution in [2.75, 3.05) is 26.2 Å². The van der Waals surface area contributed by atoms with Crippen LogP contribution >= 0.6 is 0 Å². The van der Waals surface area contributed by atoms with Gasteiger partial charge in [-0.25, -0.2) is 0 Å². The van der Waals surface area contributed by atoms with Gasteiger partial charge in [0.05, 0.1) is 0 Å². The fourth-order valence-electron chi connectivity index (χ4n) is 3.23. The summed E-state index contributed by atoms with van der Waals surface area (Å²) in [7, 11) is 0. The largest absolute Gasteiger partial charge is 0.508 e. The number of hydrogen-bond acceptors (Lipinski definition) is 3. The lowest BCUT2D eigenvalue weighted by Crippen LogP contribution is -2.36. The lowest BCUT2D eigenvalue weighted by atomic mass is 9.90. The number of phenolic OH excluding ortho intramolecular Hbond substituents is 1. The van der Waals surface area contributed by atoms with Crippen molar-refractivity contribution in [2.24, 2.45) is 5.92 Å². The summed E-state index contributed by atoms with van der Waals surface area (Å²) >= 11 is 0. The Hall–Kier alpha value is -2.00. The average molecular weight is 311 g/mol. The molecular formula is C20H25NO2. The van der Waals surface area contributed by atoms with Crippen LogP contribution in [-0.2, 0) is 6.42 Å². The Kier molecular flexibility index (Phi) is 5.54. The Morgan fingerprint density at radius 3 is 2.52 bits per heavy atom. The van der Waals surface area contributed by atoms with Gasteiger partial charge in [0.1, 0.15) is 18.1 Å². The molecular weight excluding hydrogens is 286 g/mol. The first-order valence-electron chi connectivity index (χ1n) is 8.48. The van der Waals surface area contributed by atoms with Crippen molar-refractivity contribution < 1.29 is 9.84 Å². The zero-order chi connectivity index (χ0) is 15.9. The third kappa shape index (κ3) is 5.00. The Morgan fingerprint density at radius 1 is 1.00 bits per heavy atom. The van der Waals surface area contributed by atoms with Gasteiger partial charge in [-0.15, -0.1) is 0 Å². The molecule has 3 heteroatoms. The van der Waals surface area contributed by atoms with Crippen molar-refractivity contribution >= 4 is 0 Å². The van der Waals surface area contributed by atoms with E-state index in [4.69, 9.17) is 4.74 Å². The Labute approximate surface area is 138 Å². The van der Waals surface area contributed by atoms with E-state index >= 15 is 0 Å². The molecule has 0 aliphatic carbocycles. The normalized spacial score (nSPS) is 16.3. The van der Waals surface area contributed by atoms with Crippen LogP contribution in [0.25, 0.3) is 0 Å². The molecule has 0 aromatic heterocycles. The van der Waals surface area contributed by atoms with Gasteiger partial charge < -0.3 is 9.84 Å². The van der Waals surface area contributed by atoms with Crippen LogP contribution in [0.15, 0.2) is 54.6 Å². The van der Waals surface area contributed by atoms with Crippen molar-refractivity contribution in [3.8, 4) is 11.5 Å². The molecule has 0 atom stereocenters. The maximum atomic E-state index is 9.42. The number of nitrogens with zero attached hydrogens (tertiary/aromatic N) is 1. The number of piperidine rings is 1. The predicted octanol–water partition coefficient (Wildman–Crippen LogP) is 3.73. The van der Waals surface area contributed by atoms with Crippen LogP contribution in [-0.4, -0.2) is 36.2 Å². The van der Waals surface area contributed by atoms with Gasteiger partial charge in [-0.1, -0.05) is 36.4 Å². The Morgan fingerprint density at radius 2 is 1.78 bits per heavy atom. The van der Waals surface area contributed by atoms with Crippen LogP contribution in [0.2, 0.25) is 0 Å². The topological polar surface area (TPSA) is 32.7 Å². The number of phenols is 1. The summed E-state index contributed by atoms with van der Waals surface area (Å²) < 4.78 is 5.71. The van der Waals surface area contributed by atoms with E-state index < -0.39 is 0 Å². The first kappa shape index (κ1) is 15.9. The Balaban J connectivity index is 1.36. The summed E-state index contributed by atoms with van der Waals surface area (Å²) in [5.41, 5.74) is 1.46. The third-order valence-electron chi connectivity index (χ3n) is 4.57. The minimum atomic E-state index is 0.254. The highest BCUT2D eigenvalue weighted by atomic mass is 16.5. The van der Waals surface area contributed by atoms with Crippen LogP contribution in [0, 0.1) is 5.92 Å². The van der Waals surface area contributed by atoms with E-state index in [9.17, 15) is 5.11 Å². The molecule has 2 aromatic carbocycles. The molecule has 0 amide bonds. The highest BCUT2D eigenvalue weighted by Crippen LogP contribution is 2.22. The molecule has 0 spiro atoms. The first-order chi connectivity index (χ1) is 11.3. The highest BCUT2D eigenvalue weighted by Gasteiger charge is 2.19. The minimum absolute atomic E-state index is 0.254. The van der Waals surface area contributed by atoms with Crippen molar-refractivity contribution in [1.82, 2.24) is 4.90 Å². The molecule has 1 fully saturated rings. The first-order valence-corrected chi connectivity index (χ1v) is 8.48. The van der Waals surface area contributed by atoms with E-state index in [1.165, 1.54) is 24.8 Å². The average Bonchev–Trinajstić information content (AvgIpc) is 2.58. The number of rotatable bonds is 6. The molecule has 3 rings (SSSR count). The molecule has 23 heavy (non-hydrogen) atoms. The van der Waals surface area contributed by atoms with E-state index in [2.05, 4.69) is 35.2 Å². The number of likely N-dealkylation sites (tertiary alicyclic amines) is 1. The summed E-state index contributed by atoms with van der Waals surface area (Å²) in [5.74, 6) is 1.80. The quantitative estimate of drug-likeness (QED) is 0.882. The molecule has 0 saturated carbocycles. The van der Waals surface area contributed by atoms with Gasteiger partial charge in [0.15, 0.2) is 0 Å². The molecule has 1 saturated heterocycles. The van der Waals surface area contributed by atoms with Crippen LogP contribution < -0.4 is 4.74 Å². The molecule has 122 valence electrons. The summed E-state index contributed by atoms with van der Waals surface area (Å²) in [6.07, 6.45) is 3.73. The van der Waals surface area contributed by atoms with E-state index in [1.54, 1.807) is 18.2 Å². The molecule has 0 bridgehead atoms. The van der Waals surface area contributed by atoms with Crippen molar-refractivity contribution in [3.05, 3.63) is 60.2 Å². The van der Waals surface area contributed by atoms with Gasteiger partial charge in [-0.2, -0.15) is 0 Å². The zero-order valence-corrected chi connectivity index (χ0v) is 13.5. The second kappa shape index (κ2) is 8.02. The van der Waals surface area contributed by atoms with E-state index in [0.717, 1.165) is 31.3 Å². The fourth-order valence-corrected chi connectivity index (χ4v) is 3.23. The molecule has 0 unspecified atom stereocenters. The smallest absolute Gasteiger partial charge is 0.123 e. The lowest BCUT2D eigenvalue weighted by molar-refractivity contribution is 0.154. The molecule has 2 aromatic rings. The third-order valence-corrected chi connectivity index (χ3v) is 4.57. The maximum absolute atomic E-state index is 9.42. The van der Waals surface area contributed by atoms with Crippen LogP contribution in [0.5, 0.6) is 11.5 Å². The van der Waals surface area contributed by atoms with Crippen LogP contribution in [0.3, 0.4) is 0 Å². The fraction of sp³-hybridized carbons (Fsp3) is 0.400. The molecule has 1 N–H and O–H groups in total. The molecule has 1 aliphatic rings. The number of aromatic hydroxyl groups is 1. The molecule has 1 heterocycles. The summed E-state index contributed by atoms with van der Waals surface area (Å²) in [4.78, 5) is 2.48. The summed E-state index contributed by atoms with van der Waals surface area (Å²) in [5, 5.41) is 9.42. The van der Waals surface area contributed by atoms with Crippen molar-refractivity contribution in [2.45, 2.75) is 19.3 Å². The van der Waals surface area contributed by atoms with Gasteiger partial charge in [-0.3, -0.25) is 4.90 Å². The van der Waals surface area contributed by atoms with Gasteiger partial charge in [0, 0.05) is 12.6 Å². The van der Waals surface area contributed by atoms with Gasteiger partial charge in [0.25, 0.3) is 0 Å². The second-order valence-electron chi connectivity index (χ2n) is 6.32. The second-order valence-corrected chi connectivity index (χ2v) is 6.32. The predicted molar refractivity (Wildman–Crippen MR) is 92.9 cm³/mol. The van der Waals surface area contributed by atoms with E-state index in [1.807, 2.05) is 6.07 Å². The van der Waals surface area contributed by atoms with E-state index in [0.29, 0.717) is 6.61 Å². The summed E-state index contributed by atoms with van der Waals surface area (Å²) in [6.45, 7) is 3.93. The number of ether oxygens (including phenoxy) is 1. The maximum Gasteiger partial charge on any atom is 0.123 e. The van der Waals surface area contributed by atoms with Gasteiger partial charge >= 0.3 is 0 Å². The molecule has 0 radical (unpaired) electrons. The van der Waals surface area contributed by atoms with Crippen molar-refractivity contribution in [3.63, 3.8) is 0 Å². The van der Waals surface area contributed by atoms with Crippen molar-refractivity contribution in [1.29, 1.82) is 0 Å². The zero-order valence-electron chi connectivity index (χ0n) is 13.5. The number of benzene rings is 2. The van der Waals surface area contributed by atoms with Crippen LogP contribution in [0.1, 0.15) is 18.4 Å². The summed E-state index contributed by atoms with van der Waals surface area (Å²) in [6, 6.07) is 17.8. The number of hydrogen-bond donors (Lipinski definition) is 1. The SMILES string of the molecule is Oc1cccc(OCCN2CCC(Cc3ccccc3)CC2)c1. The highest BCUT2D eigenvalue weighted by molar-refractivity contribution is 5.31. The molecule has 1 aliphatic heterocycles. The van der Waals surface area contributed by atoms with Crippen LogP contribution in [0.4, 0.5) is 0 Å². The minimum Gasteiger partial charge on any atom is -0.508 e.